The van der Waals surface area contributed by atoms with E-state index in [0.717, 1.165) is 12.3 Å². The first-order chi connectivity index (χ1) is 11.1. The van der Waals surface area contributed by atoms with Crippen LogP contribution in [-0.2, 0) is 22.6 Å². The van der Waals surface area contributed by atoms with Gasteiger partial charge < -0.3 is 0 Å². The predicted molar refractivity (Wildman–Crippen MR) is 84.6 cm³/mol. The van der Waals surface area contributed by atoms with Crippen molar-refractivity contribution >= 4 is 33.2 Å². The maximum Gasteiger partial charge on any atom is 0.419 e. The molecule has 2 rings (SSSR count). The first-order valence-corrected chi connectivity index (χ1v) is 8.80. The SMILES string of the molecule is O=S(=O)(NCCc1cc(Cl)cc(Cl)c1)c1ncccc1C(F)(F)F. The van der Waals surface area contributed by atoms with E-state index >= 15 is 0 Å². The van der Waals surface area contributed by atoms with Gasteiger partial charge in [0.2, 0.25) is 0 Å². The van der Waals surface area contributed by atoms with Gasteiger partial charge in [-0.3, -0.25) is 0 Å². The number of nitrogens with zero attached hydrogens (tertiary/aromatic N) is 1. The van der Waals surface area contributed by atoms with Crippen LogP contribution in [-0.4, -0.2) is 19.9 Å². The lowest BCUT2D eigenvalue weighted by molar-refractivity contribution is -0.140. The fraction of sp³-hybridized carbons (Fsp3) is 0.214. The highest BCUT2D eigenvalue weighted by atomic mass is 35.5. The van der Waals surface area contributed by atoms with Crippen molar-refractivity contribution in [1.29, 1.82) is 0 Å². The van der Waals surface area contributed by atoms with Crippen molar-refractivity contribution in [1.82, 2.24) is 9.71 Å². The van der Waals surface area contributed by atoms with Crippen LogP contribution in [0, 0.1) is 0 Å². The van der Waals surface area contributed by atoms with Crippen LogP contribution in [0.5, 0.6) is 0 Å². The molecule has 0 atom stereocenters. The Kier molecular flexibility index (Phi) is 5.74. The summed E-state index contributed by atoms with van der Waals surface area (Å²) in [6, 6.07) is 6.38. The van der Waals surface area contributed by atoms with E-state index in [0.29, 0.717) is 21.7 Å². The van der Waals surface area contributed by atoms with E-state index in [1.807, 2.05) is 0 Å². The van der Waals surface area contributed by atoms with Gasteiger partial charge in [0.15, 0.2) is 5.03 Å². The molecule has 130 valence electrons. The second-order valence-corrected chi connectivity index (χ2v) is 7.33. The molecule has 0 saturated carbocycles. The van der Waals surface area contributed by atoms with Gasteiger partial charge >= 0.3 is 6.18 Å². The molecular formula is C14H11Cl2F3N2O2S. The summed E-state index contributed by atoms with van der Waals surface area (Å²) >= 11 is 11.7. The van der Waals surface area contributed by atoms with E-state index in [-0.39, 0.29) is 13.0 Å². The number of hydrogen-bond donors (Lipinski definition) is 1. The van der Waals surface area contributed by atoms with E-state index in [4.69, 9.17) is 23.2 Å². The Bertz CT molecular complexity index is 822. The van der Waals surface area contributed by atoms with Crippen LogP contribution in [0.3, 0.4) is 0 Å². The lowest BCUT2D eigenvalue weighted by Crippen LogP contribution is -2.29. The summed E-state index contributed by atoms with van der Waals surface area (Å²) in [7, 11) is -4.41. The summed E-state index contributed by atoms with van der Waals surface area (Å²) in [5.41, 5.74) is -0.671. The Morgan fingerprint density at radius 1 is 1.12 bits per heavy atom. The fourth-order valence-electron chi connectivity index (χ4n) is 1.97. The average molecular weight is 399 g/mol. The number of rotatable bonds is 5. The fourth-order valence-corrected chi connectivity index (χ4v) is 3.73. The van der Waals surface area contributed by atoms with E-state index < -0.39 is 26.8 Å². The number of halogens is 5. The van der Waals surface area contributed by atoms with Gasteiger partial charge in [-0.2, -0.15) is 13.2 Å². The van der Waals surface area contributed by atoms with Crippen LogP contribution in [0.2, 0.25) is 10.0 Å². The highest BCUT2D eigenvalue weighted by Gasteiger charge is 2.37. The number of sulfonamides is 1. The Morgan fingerprint density at radius 3 is 2.33 bits per heavy atom. The quantitative estimate of drug-likeness (QED) is 0.829. The van der Waals surface area contributed by atoms with Crippen LogP contribution < -0.4 is 4.72 Å². The number of hydrogen-bond acceptors (Lipinski definition) is 3. The number of nitrogens with one attached hydrogen (secondary N) is 1. The zero-order chi connectivity index (χ0) is 18.0. The molecule has 2 aromatic rings. The van der Waals surface area contributed by atoms with Crippen molar-refractivity contribution in [2.75, 3.05) is 6.54 Å². The molecule has 0 unspecified atom stereocenters. The maximum atomic E-state index is 12.9. The highest BCUT2D eigenvalue weighted by Crippen LogP contribution is 2.32. The maximum absolute atomic E-state index is 12.9. The standard InChI is InChI=1S/C14H11Cl2F3N2O2S/c15-10-6-9(7-11(16)8-10)3-5-21-24(22,23)13-12(14(17,18)19)2-1-4-20-13/h1-2,4,6-8,21H,3,5H2. The van der Waals surface area contributed by atoms with Crippen LogP contribution in [0.25, 0.3) is 0 Å². The minimum atomic E-state index is -4.82. The number of aromatic nitrogens is 1. The molecule has 0 saturated heterocycles. The van der Waals surface area contributed by atoms with Crippen molar-refractivity contribution in [3.8, 4) is 0 Å². The largest absolute Gasteiger partial charge is 0.419 e. The zero-order valence-corrected chi connectivity index (χ0v) is 14.3. The van der Waals surface area contributed by atoms with Gasteiger partial charge in [-0.05, 0) is 42.3 Å². The summed E-state index contributed by atoms with van der Waals surface area (Å²) in [5.74, 6) is 0. The van der Waals surface area contributed by atoms with Crippen LogP contribution in [0.4, 0.5) is 13.2 Å². The van der Waals surface area contributed by atoms with E-state index in [2.05, 4.69) is 9.71 Å². The molecule has 1 N–H and O–H groups in total. The normalized spacial score (nSPS) is 12.4. The topological polar surface area (TPSA) is 59.1 Å². The minimum absolute atomic E-state index is 0.132. The smallest absolute Gasteiger partial charge is 0.243 e. The van der Waals surface area contributed by atoms with Gasteiger partial charge in [0, 0.05) is 22.8 Å². The number of benzene rings is 1. The van der Waals surface area contributed by atoms with Gasteiger partial charge in [0.05, 0.1) is 5.56 Å². The van der Waals surface area contributed by atoms with Gasteiger partial charge in [-0.15, -0.1) is 0 Å². The minimum Gasteiger partial charge on any atom is -0.243 e. The third kappa shape index (κ3) is 4.83. The van der Waals surface area contributed by atoms with Gasteiger partial charge in [-0.25, -0.2) is 18.1 Å². The Morgan fingerprint density at radius 2 is 1.75 bits per heavy atom. The van der Waals surface area contributed by atoms with Crippen molar-refractivity contribution in [2.24, 2.45) is 0 Å². The predicted octanol–water partition coefficient (Wildman–Crippen LogP) is 3.93. The molecule has 0 aliphatic heterocycles. The molecule has 4 nitrogen and oxygen atoms in total. The first-order valence-electron chi connectivity index (χ1n) is 6.56. The van der Waals surface area contributed by atoms with Crippen molar-refractivity contribution in [3.63, 3.8) is 0 Å². The molecule has 1 aromatic carbocycles. The monoisotopic (exact) mass is 398 g/mol. The summed E-state index contributed by atoms with van der Waals surface area (Å²) in [6.07, 6.45) is -3.63. The second kappa shape index (κ2) is 7.26. The highest BCUT2D eigenvalue weighted by molar-refractivity contribution is 7.89. The second-order valence-electron chi connectivity index (χ2n) is 4.78. The molecule has 1 aromatic heterocycles. The van der Waals surface area contributed by atoms with Gasteiger partial charge in [-0.1, -0.05) is 23.2 Å². The number of pyridine rings is 1. The molecule has 0 aliphatic rings. The lowest BCUT2D eigenvalue weighted by atomic mass is 10.1. The first kappa shape index (κ1) is 19.0. The van der Waals surface area contributed by atoms with E-state index in [1.165, 1.54) is 6.07 Å². The molecular weight excluding hydrogens is 388 g/mol. The van der Waals surface area contributed by atoms with E-state index in [1.54, 1.807) is 12.1 Å². The van der Waals surface area contributed by atoms with Gasteiger partial charge in [0.1, 0.15) is 0 Å². The average Bonchev–Trinajstić information content (AvgIpc) is 2.45. The molecule has 0 bridgehead atoms. The van der Waals surface area contributed by atoms with Crippen LogP contribution in [0.15, 0.2) is 41.6 Å². The van der Waals surface area contributed by atoms with Crippen molar-refractivity contribution in [3.05, 3.63) is 57.7 Å². The Labute approximate surface area is 146 Å². The van der Waals surface area contributed by atoms with Crippen LogP contribution >= 0.6 is 23.2 Å². The third-order valence-corrected chi connectivity index (χ3v) is 4.81. The molecule has 0 amide bonds. The Balaban J connectivity index is 2.15. The summed E-state index contributed by atoms with van der Waals surface area (Å²) in [6.45, 7) is -0.132. The molecule has 0 spiro atoms. The zero-order valence-electron chi connectivity index (χ0n) is 11.9. The van der Waals surface area contributed by atoms with E-state index in [9.17, 15) is 21.6 Å². The summed E-state index contributed by atoms with van der Waals surface area (Å²) < 4.78 is 65.0. The molecule has 0 aliphatic carbocycles. The molecule has 10 heteroatoms. The molecule has 24 heavy (non-hydrogen) atoms. The number of alkyl halides is 3. The lowest BCUT2D eigenvalue weighted by Gasteiger charge is -2.12. The third-order valence-electron chi connectivity index (χ3n) is 2.96. The molecule has 0 radical (unpaired) electrons. The Hall–Kier alpha value is -1.35. The van der Waals surface area contributed by atoms with Crippen LogP contribution in [0.1, 0.15) is 11.1 Å². The summed E-state index contributed by atoms with van der Waals surface area (Å²) in [5, 5.41) is -0.296. The van der Waals surface area contributed by atoms with Gasteiger partial charge in [0.25, 0.3) is 10.0 Å². The molecule has 1 heterocycles. The van der Waals surface area contributed by atoms with Crippen molar-refractivity contribution in [2.45, 2.75) is 17.6 Å². The summed E-state index contributed by atoms with van der Waals surface area (Å²) in [4.78, 5) is 3.36. The molecule has 0 fully saturated rings. The van der Waals surface area contributed by atoms with Crippen molar-refractivity contribution < 1.29 is 21.6 Å².